The topological polar surface area (TPSA) is 96.5 Å². The summed E-state index contributed by atoms with van der Waals surface area (Å²) in [7, 11) is -2.15. The first-order chi connectivity index (χ1) is 13.4. The fourth-order valence-corrected chi connectivity index (χ4v) is 4.08. The molecule has 1 atom stereocenters. The van der Waals surface area contributed by atoms with Gasteiger partial charge in [0.2, 0.25) is 10.0 Å². The lowest BCUT2D eigenvalue weighted by Gasteiger charge is -2.16. The van der Waals surface area contributed by atoms with Gasteiger partial charge in [0, 0.05) is 12.6 Å². The average Bonchev–Trinajstić information content (AvgIpc) is 3.50. The van der Waals surface area contributed by atoms with Crippen LogP contribution in [0.3, 0.4) is 0 Å². The van der Waals surface area contributed by atoms with Crippen LogP contribution in [0.5, 0.6) is 5.75 Å². The van der Waals surface area contributed by atoms with Crippen molar-refractivity contribution >= 4 is 21.7 Å². The van der Waals surface area contributed by atoms with E-state index in [1.54, 1.807) is 0 Å². The molecule has 0 heterocycles. The summed E-state index contributed by atoms with van der Waals surface area (Å²) in [6.45, 7) is 2.46. The van der Waals surface area contributed by atoms with Crippen molar-refractivity contribution in [3.63, 3.8) is 0 Å². The van der Waals surface area contributed by atoms with Crippen molar-refractivity contribution in [3.8, 4) is 5.75 Å². The molecule has 0 aromatic heterocycles. The largest absolute Gasteiger partial charge is 0.495 e. The van der Waals surface area contributed by atoms with Gasteiger partial charge < -0.3 is 15.4 Å². The van der Waals surface area contributed by atoms with E-state index in [0.29, 0.717) is 18.0 Å². The van der Waals surface area contributed by atoms with Crippen molar-refractivity contribution < 1.29 is 17.9 Å². The van der Waals surface area contributed by atoms with Crippen LogP contribution in [-0.2, 0) is 10.0 Å². The molecule has 0 aliphatic heterocycles. The number of anilines is 1. The highest BCUT2D eigenvalue weighted by molar-refractivity contribution is 7.89. The van der Waals surface area contributed by atoms with Crippen molar-refractivity contribution in [1.82, 2.24) is 10.0 Å². The first-order valence-electron chi connectivity index (χ1n) is 9.19. The second-order valence-electron chi connectivity index (χ2n) is 6.90. The number of rotatable bonds is 8. The van der Waals surface area contributed by atoms with Crippen LogP contribution in [0.2, 0.25) is 0 Å². The molecule has 8 heteroatoms. The second kappa shape index (κ2) is 8.62. The molecular formula is C20H25N3O4S. The van der Waals surface area contributed by atoms with Crippen LogP contribution in [0.4, 0.5) is 10.5 Å². The molecule has 0 saturated heterocycles. The first-order valence-corrected chi connectivity index (χ1v) is 10.7. The molecule has 0 spiro atoms. The normalized spacial score (nSPS) is 14.9. The lowest BCUT2D eigenvalue weighted by atomic mass is 10.0. The predicted octanol–water partition coefficient (Wildman–Crippen LogP) is 3.06. The summed E-state index contributed by atoms with van der Waals surface area (Å²) in [4.78, 5) is 12.4. The predicted molar refractivity (Wildman–Crippen MR) is 108 cm³/mol. The maximum absolute atomic E-state index is 12.4. The van der Waals surface area contributed by atoms with Gasteiger partial charge in [-0.3, -0.25) is 0 Å². The Labute approximate surface area is 165 Å². The summed E-state index contributed by atoms with van der Waals surface area (Å²) in [6.07, 6.45) is 1.70. The number of urea groups is 1. The van der Waals surface area contributed by atoms with Gasteiger partial charge in [0.25, 0.3) is 0 Å². The molecule has 7 nitrogen and oxygen atoms in total. The lowest BCUT2D eigenvalue weighted by molar-refractivity contribution is 0.251. The number of carbonyl (C=O) groups excluding carboxylic acids is 1. The van der Waals surface area contributed by atoms with Crippen LogP contribution in [0.15, 0.2) is 53.4 Å². The zero-order valence-electron chi connectivity index (χ0n) is 15.9. The van der Waals surface area contributed by atoms with E-state index in [9.17, 15) is 13.2 Å². The molecule has 1 unspecified atom stereocenters. The van der Waals surface area contributed by atoms with Gasteiger partial charge in [0.05, 0.1) is 17.7 Å². The van der Waals surface area contributed by atoms with E-state index in [1.807, 2.05) is 37.3 Å². The van der Waals surface area contributed by atoms with Crippen LogP contribution >= 0.6 is 0 Å². The monoisotopic (exact) mass is 403 g/mol. The van der Waals surface area contributed by atoms with Gasteiger partial charge in [0.1, 0.15) is 5.75 Å². The molecule has 150 valence electrons. The molecule has 0 bridgehead atoms. The number of amides is 2. The molecule has 0 radical (unpaired) electrons. The summed E-state index contributed by atoms with van der Waals surface area (Å²) in [6, 6.07) is 13.9. The van der Waals surface area contributed by atoms with Gasteiger partial charge in [-0.05, 0) is 42.5 Å². The summed E-state index contributed by atoms with van der Waals surface area (Å²) in [5, 5.41) is 5.49. The molecule has 1 saturated carbocycles. The van der Waals surface area contributed by atoms with Crippen LogP contribution in [0, 0.1) is 0 Å². The van der Waals surface area contributed by atoms with Gasteiger partial charge in [-0.2, -0.15) is 0 Å². The molecule has 3 N–H and O–H groups in total. The average molecular weight is 404 g/mol. The van der Waals surface area contributed by atoms with Crippen LogP contribution < -0.4 is 20.1 Å². The third-order valence-electron chi connectivity index (χ3n) is 4.57. The Balaban J connectivity index is 1.66. The van der Waals surface area contributed by atoms with Crippen molar-refractivity contribution in [1.29, 1.82) is 0 Å². The number of carbonyl (C=O) groups is 1. The van der Waals surface area contributed by atoms with Gasteiger partial charge in [-0.15, -0.1) is 0 Å². The number of hydrogen-bond acceptors (Lipinski definition) is 4. The maximum Gasteiger partial charge on any atom is 0.319 e. The van der Waals surface area contributed by atoms with Gasteiger partial charge >= 0.3 is 6.03 Å². The minimum Gasteiger partial charge on any atom is -0.495 e. The summed E-state index contributed by atoms with van der Waals surface area (Å²) in [5.41, 5.74) is 1.42. The quantitative estimate of drug-likeness (QED) is 0.631. The third kappa shape index (κ3) is 5.24. The third-order valence-corrected chi connectivity index (χ3v) is 6.08. The van der Waals surface area contributed by atoms with Gasteiger partial charge in [0.15, 0.2) is 0 Å². The van der Waals surface area contributed by atoms with E-state index < -0.39 is 16.1 Å². The second-order valence-corrected chi connectivity index (χ2v) is 8.62. The zero-order valence-corrected chi connectivity index (χ0v) is 16.8. The van der Waals surface area contributed by atoms with E-state index in [0.717, 1.165) is 18.4 Å². The van der Waals surface area contributed by atoms with Crippen LogP contribution in [0.25, 0.3) is 0 Å². The van der Waals surface area contributed by atoms with Crippen molar-refractivity contribution in [2.24, 2.45) is 0 Å². The summed E-state index contributed by atoms with van der Waals surface area (Å²) < 4.78 is 32.7. The zero-order chi connectivity index (χ0) is 20.1. The first kappa shape index (κ1) is 20.2. The maximum atomic E-state index is 12.4. The molecule has 2 aromatic carbocycles. The Kier molecular flexibility index (Phi) is 6.21. The van der Waals surface area contributed by atoms with E-state index in [4.69, 9.17) is 4.74 Å². The summed E-state index contributed by atoms with van der Waals surface area (Å²) >= 11 is 0. The Morgan fingerprint density at radius 3 is 2.54 bits per heavy atom. The van der Waals surface area contributed by atoms with Gasteiger partial charge in [-0.25, -0.2) is 17.9 Å². The van der Waals surface area contributed by atoms with E-state index in [-0.39, 0.29) is 16.9 Å². The number of hydrogen-bond donors (Lipinski definition) is 3. The summed E-state index contributed by atoms with van der Waals surface area (Å²) in [5.74, 6) is 0.528. The molecule has 3 rings (SSSR count). The molecular weight excluding hydrogens is 378 g/mol. The van der Waals surface area contributed by atoms with Crippen LogP contribution in [-0.4, -0.2) is 34.1 Å². The molecule has 28 heavy (non-hydrogen) atoms. The van der Waals surface area contributed by atoms with Gasteiger partial charge in [-0.1, -0.05) is 37.3 Å². The highest BCUT2D eigenvalue weighted by Gasteiger charge is 2.28. The van der Waals surface area contributed by atoms with E-state index in [2.05, 4.69) is 15.4 Å². The number of methoxy groups -OCH3 is 1. The van der Waals surface area contributed by atoms with Crippen molar-refractivity contribution in [2.75, 3.05) is 19.0 Å². The number of nitrogens with one attached hydrogen (secondary N) is 3. The standard InChI is InChI=1S/C20H25N3O4S/c1-14(15-6-4-3-5-7-15)13-21-20(24)22-18-12-17(10-11-19(18)27-2)28(25,26)23-16-8-9-16/h3-7,10-12,14,16,23H,8-9,13H2,1-2H3,(H2,21,22,24). The minimum atomic E-state index is -3.62. The molecule has 1 fully saturated rings. The highest BCUT2D eigenvalue weighted by Crippen LogP contribution is 2.29. The Morgan fingerprint density at radius 1 is 1.18 bits per heavy atom. The lowest BCUT2D eigenvalue weighted by Crippen LogP contribution is -2.32. The number of sulfonamides is 1. The fraction of sp³-hybridized carbons (Fsp3) is 0.350. The molecule has 2 aromatic rings. The number of benzene rings is 2. The van der Waals surface area contributed by atoms with E-state index >= 15 is 0 Å². The molecule has 2 amide bonds. The number of ether oxygens (including phenoxy) is 1. The fourth-order valence-electron chi connectivity index (χ4n) is 2.75. The highest BCUT2D eigenvalue weighted by atomic mass is 32.2. The molecule has 1 aliphatic carbocycles. The van der Waals surface area contributed by atoms with Crippen LogP contribution in [0.1, 0.15) is 31.2 Å². The molecule has 1 aliphatic rings. The SMILES string of the molecule is COc1ccc(S(=O)(=O)NC2CC2)cc1NC(=O)NCC(C)c1ccccc1. The Hall–Kier alpha value is -2.58. The minimum absolute atomic E-state index is 0.00582. The van der Waals surface area contributed by atoms with E-state index in [1.165, 1.54) is 25.3 Å². The Bertz CT molecular complexity index is 928. The van der Waals surface area contributed by atoms with Crippen molar-refractivity contribution in [2.45, 2.75) is 36.6 Å². The van der Waals surface area contributed by atoms with Crippen molar-refractivity contribution in [3.05, 3.63) is 54.1 Å². The smallest absolute Gasteiger partial charge is 0.319 e. The Morgan fingerprint density at radius 2 is 1.89 bits per heavy atom.